The summed E-state index contributed by atoms with van der Waals surface area (Å²) in [7, 11) is 0. The van der Waals surface area contributed by atoms with Crippen LogP contribution in [0.2, 0.25) is 0 Å². The van der Waals surface area contributed by atoms with Gasteiger partial charge in [0.1, 0.15) is 5.69 Å². The number of ether oxygens (including phenoxy) is 1. The molecule has 1 aromatic heterocycles. The highest BCUT2D eigenvalue weighted by molar-refractivity contribution is 7.80. The fourth-order valence-electron chi connectivity index (χ4n) is 1.15. The van der Waals surface area contributed by atoms with Crippen LogP contribution in [0.5, 0.6) is 0 Å². The van der Waals surface area contributed by atoms with E-state index in [4.69, 9.17) is 4.74 Å². The number of thiol groups is 1. The maximum absolute atomic E-state index is 11.3. The van der Waals surface area contributed by atoms with Crippen molar-refractivity contribution in [3.8, 4) is 0 Å². The Balaban J connectivity index is 3.01. The second kappa shape index (κ2) is 3.87. The van der Waals surface area contributed by atoms with Gasteiger partial charge in [-0.2, -0.15) is 0 Å². The minimum Gasteiger partial charge on any atom is -0.461 e. The molecule has 3 nitrogen and oxygen atoms in total. The lowest BCUT2D eigenvalue weighted by Crippen LogP contribution is -2.06. The number of aryl methyl sites for hydroxylation is 1. The molecule has 0 saturated heterocycles. The maximum Gasteiger partial charge on any atom is 0.355 e. The van der Waals surface area contributed by atoms with Crippen molar-refractivity contribution < 1.29 is 9.53 Å². The summed E-state index contributed by atoms with van der Waals surface area (Å²) in [5, 5.41) is 0. The van der Waals surface area contributed by atoms with Gasteiger partial charge in [0, 0.05) is 10.6 Å². The Morgan fingerprint density at radius 2 is 2.15 bits per heavy atom. The first-order valence-electron chi connectivity index (χ1n) is 4.13. The van der Waals surface area contributed by atoms with Gasteiger partial charge >= 0.3 is 5.97 Å². The summed E-state index contributed by atoms with van der Waals surface area (Å²) in [4.78, 5) is 15.1. The molecule has 0 aliphatic carbocycles. The number of nitrogens with one attached hydrogen (secondary N) is 1. The number of aromatic nitrogens is 1. The number of carbonyl (C=O) groups excluding carboxylic acids is 1. The molecule has 0 bridgehead atoms. The quantitative estimate of drug-likeness (QED) is 0.565. The van der Waals surface area contributed by atoms with Gasteiger partial charge in [-0.05, 0) is 26.3 Å². The van der Waals surface area contributed by atoms with Crippen LogP contribution in [-0.4, -0.2) is 17.6 Å². The molecule has 13 heavy (non-hydrogen) atoms. The van der Waals surface area contributed by atoms with Crippen molar-refractivity contribution in [1.29, 1.82) is 0 Å². The summed E-state index contributed by atoms with van der Waals surface area (Å²) in [6.07, 6.45) is 0. The Bertz CT molecular complexity index is 331. The second-order valence-corrected chi connectivity index (χ2v) is 3.27. The van der Waals surface area contributed by atoms with E-state index >= 15 is 0 Å². The fourth-order valence-corrected chi connectivity index (χ4v) is 1.32. The van der Waals surface area contributed by atoms with Gasteiger partial charge in [0.2, 0.25) is 0 Å². The number of rotatable bonds is 2. The van der Waals surface area contributed by atoms with Gasteiger partial charge in [0.25, 0.3) is 0 Å². The monoisotopic (exact) mass is 199 g/mol. The molecule has 0 saturated carbocycles. The number of esters is 1. The topological polar surface area (TPSA) is 42.1 Å². The predicted molar refractivity (Wildman–Crippen MR) is 53.5 cm³/mol. The third-order valence-electron chi connectivity index (χ3n) is 1.88. The Hall–Kier alpha value is -0.900. The highest BCUT2D eigenvalue weighted by Crippen LogP contribution is 2.21. The molecule has 1 heterocycles. The molecule has 0 atom stereocenters. The van der Waals surface area contributed by atoms with Crippen LogP contribution in [0.15, 0.2) is 4.90 Å². The van der Waals surface area contributed by atoms with Gasteiger partial charge in [-0.3, -0.25) is 0 Å². The second-order valence-electron chi connectivity index (χ2n) is 2.82. The standard InChI is InChI=1S/C9H13NO2S/c1-4-12-9(11)7-5(2)8(13)6(3)10-7/h10,13H,4H2,1-3H3. The molecule has 1 aromatic rings. The van der Waals surface area contributed by atoms with Crippen LogP contribution in [0, 0.1) is 13.8 Å². The van der Waals surface area contributed by atoms with Crippen LogP contribution in [0.4, 0.5) is 0 Å². The van der Waals surface area contributed by atoms with E-state index in [1.54, 1.807) is 6.92 Å². The number of hydrogen-bond acceptors (Lipinski definition) is 3. The molecule has 0 radical (unpaired) electrons. The van der Waals surface area contributed by atoms with Gasteiger partial charge in [0.05, 0.1) is 6.61 Å². The SMILES string of the molecule is CCOC(=O)c1[nH]c(C)c(S)c1C. The smallest absolute Gasteiger partial charge is 0.355 e. The molecule has 0 unspecified atom stereocenters. The average molecular weight is 199 g/mol. The van der Waals surface area contributed by atoms with Gasteiger partial charge in [0.15, 0.2) is 0 Å². The van der Waals surface area contributed by atoms with E-state index in [0.717, 1.165) is 16.2 Å². The first kappa shape index (κ1) is 10.2. The third-order valence-corrected chi connectivity index (χ3v) is 2.55. The number of aromatic amines is 1. The Labute approximate surface area is 82.9 Å². The van der Waals surface area contributed by atoms with Crippen molar-refractivity contribution in [2.24, 2.45) is 0 Å². The average Bonchev–Trinajstić information content (AvgIpc) is 2.33. The zero-order valence-electron chi connectivity index (χ0n) is 7.97. The molecule has 0 aliphatic heterocycles. The lowest BCUT2D eigenvalue weighted by Gasteiger charge is -1.99. The number of carbonyl (C=O) groups is 1. The van der Waals surface area contributed by atoms with Crippen LogP contribution < -0.4 is 0 Å². The highest BCUT2D eigenvalue weighted by Gasteiger charge is 2.15. The van der Waals surface area contributed by atoms with E-state index in [1.165, 1.54) is 0 Å². The third kappa shape index (κ3) is 1.88. The highest BCUT2D eigenvalue weighted by atomic mass is 32.1. The molecule has 0 aromatic carbocycles. The summed E-state index contributed by atoms with van der Waals surface area (Å²) in [6.45, 7) is 5.89. The fraction of sp³-hybridized carbons (Fsp3) is 0.444. The van der Waals surface area contributed by atoms with E-state index < -0.39 is 0 Å². The zero-order chi connectivity index (χ0) is 10.0. The first-order valence-corrected chi connectivity index (χ1v) is 4.57. The van der Waals surface area contributed by atoms with Gasteiger partial charge in [-0.25, -0.2) is 4.79 Å². The Kier molecular flexibility index (Phi) is 3.03. The summed E-state index contributed by atoms with van der Waals surface area (Å²) in [5.41, 5.74) is 2.24. The van der Waals surface area contributed by atoms with Crippen LogP contribution in [0.3, 0.4) is 0 Å². The van der Waals surface area contributed by atoms with Crippen molar-refractivity contribution in [2.45, 2.75) is 25.7 Å². The molecule has 0 aliphatic rings. The minimum absolute atomic E-state index is 0.316. The molecule has 1 N–H and O–H groups in total. The van der Waals surface area contributed by atoms with E-state index in [2.05, 4.69) is 17.6 Å². The van der Waals surface area contributed by atoms with Crippen molar-refractivity contribution in [2.75, 3.05) is 6.61 Å². The minimum atomic E-state index is -0.316. The summed E-state index contributed by atoms with van der Waals surface area (Å²) < 4.78 is 4.87. The maximum atomic E-state index is 11.3. The molecule has 4 heteroatoms. The van der Waals surface area contributed by atoms with Crippen molar-refractivity contribution in [3.63, 3.8) is 0 Å². The molecular weight excluding hydrogens is 186 g/mol. The summed E-state index contributed by atoms with van der Waals surface area (Å²) in [6, 6.07) is 0. The predicted octanol–water partition coefficient (Wildman–Crippen LogP) is 2.10. The lowest BCUT2D eigenvalue weighted by atomic mass is 10.2. The largest absolute Gasteiger partial charge is 0.461 e. The van der Waals surface area contributed by atoms with Crippen LogP contribution >= 0.6 is 12.6 Å². The van der Waals surface area contributed by atoms with E-state index in [-0.39, 0.29) is 5.97 Å². The first-order chi connectivity index (χ1) is 6.07. The van der Waals surface area contributed by atoms with E-state index in [1.807, 2.05) is 13.8 Å². The number of H-pyrrole nitrogens is 1. The molecule has 0 spiro atoms. The van der Waals surface area contributed by atoms with Crippen molar-refractivity contribution in [3.05, 3.63) is 17.0 Å². The molecular formula is C9H13NO2S. The normalized spacial score (nSPS) is 10.2. The summed E-state index contributed by atoms with van der Waals surface area (Å²) in [5.74, 6) is -0.316. The van der Waals surface area contributed by atoms with E-state index in [0.29, 0.717) is 12.3 Å². The lowest BCUT2D eigenvalue weighted by molar-refractivity contribution is 0.0519. The van der Waals surface area contributed by atoms with E-state index in [9.17, 15) is 4.79 Å². The van der Waals surface area contributed by atoms with Gasteiger partial charge < -0.3 is 9.72 Å². The Morgan fingerprint density at radius 1 is 1.54 bits per heavy atom. The van der Waals surface area contributed by atoms with Crippen molar-refractivity contribution >= 4 is 18.6 Å². The van der Waals surface area contributed by atoms with Gasteiger partial charge in [-0.1, -0.05) is 0 Å². The van der Waals surface area contributed by atoms with Gasteiger partial charge in [-0.15, -0.1) is 12.6 Å². The van der Waals surface area contributed by atoms with Crippen LogP contribution in [-0.2, 0) is 4.74 Å². The summed E-state index contributed by atoms with van der Waals surface area (Å²) >= 11 is 4.26. The Morgan fingerprint density at radius 3 is 2.54 bits per heavy atom. The molecule has 0 fully saturated rings. The molecule has 72 valence electrons. The molecule has 1 rings (SSSR count). The van der Waals surface area contributed by atoms with Crippen LogP contribution in [0.25, 0.3) is 0 Å². The van der Waals surface area contributed by atoms with Crippen molar-refractivity contribution in [1.82, 2.24) is 4.98 Å². The number of hydrogen-bond donors (Lipinski definition) is 2. The zero-order valence-corrected chi connectivity index (χ0v) is 8.87. The molecule has 0 amide bonds. The van der Waals surface area contributed by atoms with Crippen LogP contribution in [0.1, 0.15) is 28.7 Å².